The topological polar surface area (TPSA) is 26.0 Å². The molecule has 0 bridgehead atoms. The van der Waals surface area contributed by atoms with Gasteiger partial charge in [0.1, 0.15) is 0 Å². The normalized spacial score (nSPS) is 13.1. The fourth-order valence-corrected chi connectivity index (χ4v) is 3.20. The highest BCUT2D eigenvalue weighted by Gasteiger charge is 2.16. The second-order valence-electron chi connectivity index (χ2n) is 5.24. The summed E-state index contributed by atoms with van der Waals surface area (Å²) in [6.07, 6.45) is 2.35. The molecule has 0 spiro atoms. The third-order valence-corrected chi connectivity index (χ3v) is 4.07. The molecule has 1 aliphatic rings. The van der Waals surface area contributed by atoms with Crippen LogP contribution in [0.4, 0.5) is 5.69 Å². The van der Waals surface area contributed by atoms with Crippen LogP contribution >= 0.6 is 0 Å². The van der Waals surface area contributed by atoms with Crippen LogP contribution < -0.4 is 5.73 Å². The molecule has 0 saturated heterocycles. The maximum Gasteiger partial charge on any atom is 0.0320 e. The molecule has 3 aromatic rings. The molecule has 19 heavy (non-hydrogen) atoms. The Balaban J connectivity index is 2.07. The van der Waals surface area contributed by atoms with Gasteiger partial charge in [-0.2, -0.15) is 0 Å². The lowest BCUT2D eigenvalue weighted by atomic mass is 9.95. The summed E-state index contributed by atoms with van der Waals surface area (Å²) >= 11 is 0. The Labute approximate surface area is 112 Å². The zero-order valence-electron chi connectivity index (χ0n) is 10.7. The van der Waals surface area contributed by atoms with Crippen molar-refractivity contribution in [2.45, 2.75) is 12.8 Å². The molecule has 2 N–H and O–H groups in total. The van der Waals surface area contributed by atoms with E-state index in [1.54, 1.807) is 0 Å². The third kappa shape index (κ3) is 1.55. The molecular weight excluding hydrogens is 230 g/mol. The SMILES string of the molecule is Nc1cccc(-c2ccc3c4c(cccc24)CC3)c1. The van der Waals surface area contributed by atoms with Gasteiger partial charge in [0.2, 0.25) is 0 Å². The minimum atomic E-state index is 0.820. The van der Waals surface area contributed by atoms with E-state index in [1.807, 2.05) is 12.1 Å². The molecule has 0 radical (unpaired) electrons. The van der Waals surface area contributed by atoms with Crippen LogP contribution in [0, 0.1) is 0 Å². The summed E-state index contributed by atoms with van der Waals surface area (Å²) < 4.78 is 0. The highest BCUT2D eigenvalue weighted by atomic mass is 14.5. The molecule has 0 atom stereocenters. The first kappa shape index (κ1) is 10.6. The molecule has 1 aliphatic carbocycles. The Bertz CT molecular complexity index is 777. The van der Waals surface area contributed by atoms with Gasteiger partial charge in [-0.25, -0.2) is 0 Å². The molecule has 4 rings (SSSR count). The van der Waals surface area contributed by atoms with E-state index in [1.165, 1.54) is 45.9 Å². The second-order valence-corrected chi connectivity index (χ2v) is 5.24. The molecule has 0 heterocycles. The molecule has 0 saturated carbocycles. The number of nitrogens with two attached hydrogens (primary N) is 1. The number of anilines is 1. The monoisotopic (exact) mass is 245 g/mol. The van der Waals surface area contributed by atoms with Crippen molar-refractivity contribution < 1.29 is 0 Å². The van der Waals surface area contributed by atoms with Gasteiger partial charge in [0.25, 0.3) is 0 Å². The average Bonchev–Trinajstić information content (AvgIpc) is 2.85. The predicted molar refractivity (Wildman–Crippen MR) is 81.2 cm³/mol. The van der Waals surface area contributed by atoms with Crippen LogP contribution in [0.3, 0.4) is 0 Å². The highest BCUT2D eigenvalue weighted by Crippen LogP contribution is 2.37. The maximum absolute atomic E-state index is 5.91. The summed E-state index contributed by atoms with van der Waals surface area (Å²) in [7, 11) is 0. The van der Waals surface area contributed by atoms with E-state index in [9.17, 15) is 0 Å². The van der Waals surface area contributed by atoms with Crippen LogP contribution in [0.5, 0.6) is 0 Å². The Morgan fingerprint density at radius 3 is 2.42 bits per heavy atom. The Hall–Kier alpha value is -2.28. The number of rotatable bonds is 1. The van der Waals surface area contributed by atoms with Crippen LogP contribution in [-0.2, 0) is 12.8 Å². The van der Waals surface area contributed by atoms with Crippen molar-refractivity contribution in [3.63, 3.8) is 0 Å². The molecule has 3 aromatic carbocycles. The number of hydrogen-bond donors (Lipinski definition) is 1. The van der Waals surface area contributed by atoms with Crippen molar-refractivity contribution in [3.05, 3.63) is 65.7 Å². The first-order chi connectivity index (χ1) is 9.33. The van der Waals surface area contributed by atoms with Crippen molar-refractivity contribution >= 4 is 16.5 Å². The number of hydrogen-bond acceptors (Lipinski definition) is 1. The van der Waals surface area contributed by atoms with Crippen LogP contribution in [0.1, 0.15) is 11.1 Å². The molecule has 1 nitrogen and oxygen atoms in total. The number of aryl methyl sites for hydroxylation is 2. The average molecular weight is 245 g/mol. The third-order valence-electron chi connectivity index (χ3n) is 4.07. The molecule has 0 fully saturated rings. The summed E-state index contributed by atoms with van der Waals surface area (Å²) in [6.45, 7) is 0. The van der Waals surface area contributed by atoms with Gasteiger partial charge in [-0.1, -0.05) is 42.5 Å². The van der Waals surface area contributed by atoms with Gasteiger partial charge in [0.15, 0.2) is 0 Å². The quantitative estimate of drug-likeness (QED) is 0.639. The van der Waals surface area contributed by atoms with Crippen LogP contribution in [-0.4, -0.2) is 0 Å². The van der Waals surface area contributed by atoms with Gasteiger partial charge in [-0.3, -0.25) is 0 Å². The predicted octanol–water partition coefficient (Wildman–Crippen LogP) is 4.19. The minimum absolute atomic E-state index is 0.820. The van der Waals surface area contributed by atoms with E-state index in [0.717, 1.165) is 5.69 Å². The van der Waals surface area contributed by atoms with Crippen molar-refractivity contribution in [3.8, 4) is 11.1 Å². The Kier molecular flexibility index (Phi) is 2.16. The first-order valence-corrected chi connectivity index (χ1v) is 6.72. The number of benzene rings is 3. The lowest BCUT2D eigenvalue weighted by Gasteiger charge is -2.09. The van der Waals surface area contributed by atoms with Crippen molar-refractivity contribution in [2.24, 2.45) is 0 Å². The van der Waals surface area contributed by atoms with Gasteiger partial charge < -0.3 is 5.73 Å². The van der Waals surface area contributed by atoms with Crippen LogP contribution in [0.25, 0.3) is 21.9 Å². The Morgan fingerprint density at radius 2 is 1.58 bits per heavy atom. The fourth-order valence-electron chi connectivity index (χ4n) is 3.20. The Morgan fingerprint density at radius 1 is 0.789 bits per heavy atom. The molecule has 0 unspecified atom stereocenters. The van der Waals surface area contributed by atoms with Gasteiger partial charge in [0, 0.05) is 5.69 Å². The molecule has 1 heteroatoms. The first-order valence-electron chi connectivity index (χ1n) is 6.72. The van der Waals surface area contributed by atoms with Crippen molar-refractivity contribution in [2.75, 3.05) is 5.73 Å². The van der Waals surface area contributed by atoms with E-state index in [2.05, 4.69) is 42.5 Å². The van der Waals surface area contributed by atoms with Gasteiger partial charge in [-0.15, -0.1) is 0 Å². The molecule has 92 valence electrons. The summed E-state index contributed by atoms with van der Waals surface area (Å²) in [4.78, 5) is 0. The summed E-state index contributed by atoms with van der Waals surface area (Å²) in [6, 6.07) is 19.3. The summed E-state index contributed by atoms with van der Waals surface area (Å²) in [5.41, 5.74) is 12.2. The fraction of sp³-hybridized carbons (Fsp3) is 0.111. The standard InChI is InChI=1S/C18H15N/c19-15-5-1-4-14(11-15)16-10-9-13-8-7-12-3-2-6-17(16)18(12)13/h1-6,9-11H,7-8,19H2. The van der Waals surface area contributed by atoms with Crippen molar-refractivity contribution in [1.29, 1.82) is 0 Å². The molecule has 0 aliphatic heterocycles. The molecular formula is C18H15N. The van der Waals surface area contributed by atoms with E-state index in [0.29, 0.717) is 0 Å². The number of nitrogen functional groups attached to an aromatic ring is 1. The van der Waals surface area contributed by atoms with E-state index in [4.69, 9.17) is 5.73 Å². The zero-order chi connectivity index (χ0) is 12.8. The zero-order valence-corrected chi connectivity index (χ0v) is 10.7. The van der Waals surface area contributed by atoms with Crippen molar-refractivity contribution in [1.82, 2.24) is 0 Å². The summed E-state index contributed by atoms with van der Waals surface area (Å²) in [5, 5.41) is 2.82. The smallest absolute Gasteiger partial charge is 0.0320 e. The van der Waals surface area contributed by atoms with Gasteiger partial charge in [-0.05, 0) is 58.0 Å². The largest absolute Gasteiger partial charge is 0.399 e. The van der Waals surface area contributed by atoms with Gasteiger partial charge in [0.05, 0.1) is 0 Å². The molecule has 0 amide bonds. The second kappa shape index (κ2) is 3.86. The lowest BCUT2D eigenvalue weighted by molar-refractivity contribution is 1.02. The van der Waals surface area contributed by atoms with Crippen LogP contribution in [0.2, 0.25) is 0 Å². The lowest BCUT2D eigenvalue weighted by Crippen LogP contribution is -1.87. The minimum Gasteiger partial charge on any atom is -0.399 e. The van der Waals surface area contributed by atoms with E-state index < -0.39 is 0 Å². The molecule has 0 aromatic heterocycles. The maximum atomic E-state index is 5.91. The van der Waals surface area contributed by atoms with E-state index >= 15 is 0 Å². The summed E-state index contributed by atoms with van der Waals surface area (Å²) in [5.74, 6) is 0. The van der Waals surface area contributed by atoms with Gasteiger partial charge >= 0.3 is 0 Å². The highest BCUT2D eigenvalue weighted by molar-refractivity contribution is 6.01. The van der Waals surface area contributed by atoms with Crippen LogP contribution in [0.15, 0.2) is 54.6 Å². The van der Waals surface area contributed by atoms with E-state index in [-0.39, 0.29) is 0 Å².